The molecule has 0 atom stereocenters. The van der Waals surface area contributed by atoms with Gasteiger partial charge in [0, 0.05) is 5.92 Å². The van der Waals surface area contributed by atoms with E-state index in [-0.39, 0.29) is 41.1 Å². The summed E-state index contributed by atoms with van der Waals surface area (Å²) in [5.74, 6) is 0.361. The molecule has 0 aromatic heterocycles. The Balaban J connectivity index is 0.000000751. The van der Waals surface area contributed by atoms with Crippen molar-refractivity contribution < 1.29 is 26.2 Å². The zero-order valence-electron chi connectivity index (χ0n) is 14.7. The average Bonchev–Trinajstić information content (AvgIpc) is 3.13. The van der Waals surface area contributed by atoms with Crippen LogP contribution in [0.25, 0.3) is 21.9 Å². The van der Waals surface area contributed by atoms with E-state index in [0.29, 0.717) is 5.92 Å². The molecule has 25 heavy (non-hydrogen) atoms. The normalized spacial score (nSPS) is 11.7. The van der Waals surface area contributed by atoms with Gasteiger partial charge in [-0.15, -0.1) is 40.6 Å². The summed E-state index contributed by atoms with van der Waals surface area (Å²) in [7, 11) is 0. The van der Waals surface area contributed by atoms with Crippen molar-refractivity contribution in [1.29, 1.82) is 0 Å². The van der Waals surface area contributed by atoms with E-state index in [0.717, 1.165) is 0 Å². The van der Waals surface area contributed by atoms with Gasteiger partial charge in [0.25, 0.3) is 0 Å². The molecule has 0 fully saturated rings. The quantitative estimate of drug-likeness (QED) is 0.277. The Morgan fingerprint density at radius 2 is 1.16 bits per heavy atom. The van der Waals surface area contributed by atoms with Gasteiger partial charge in [0.15, 0.2) is 0 Å². The van der Waals surface area contributed by atoms with Crippen molar-refractivity contribution in [3.8, 4) is 11.1 Å². The Labute approximate surface area is 170 Å². The molecule has 0 N–H and O–H groups in total. The maximum atomic E-state index is 2.35. The summed E-state index contributed by atoms with van der Waals surface area (Å²) in [4.78, 5) is 0. The maximum Gasteiger partial charge on any atom is 3.00 e. The second-order valence-corrected chi connectivity index (χ2v) is 6.03. The molecule has 1 radical (unpaired) electrons. The molecule has 0 bridgehead atoms. The van der Waals surface area contributed by atoms with Crippen LogP contribution < -0.4 is 0 Å². The molecule has 1 aliphatic rings. The molecule has 0 saturated carbocycles. The summed E-state index contributed by atoms with van der Waals surface area (Å²) < 4.78 is 0. The largest absolute Gasteiger partial charge is 3.00 e. The van der Waals surface area contributed by atoms with Crippen molar-refractivity contribution in [3.63, 3.8) is 0 Å². The first-order chi connectivity index (χ1) is 10.9. The van der Waals surface area contributed by atoms with Crippen LogP contribution in [0, 0.1) is 14.9 Å². The van der Waals surface area contributed by atoms with E-state index in [1.807, 2.05) is 0 Å². The van der Waals surface area contributed by atoms with Crippen LogP contribution in [0.1, 0.15) is 22.6 Å². The fourth-order valence-corrected chi connectivity index (χ4v) is 3.86. The Morgan fingerprint density at radius 1 is 0.640 bits per heavy atom. The van der Waals surface area contributed by atoms with Gasteiger partial charge in [-0.2, -0.15) is 6.07 Å². The zero-order chi connectivity index (χ0) is 14.5. The maximum absolute atomic E-state index is 2.35. The number of hydrogen-bond donors (Lipinski definition) is 0. The van der Waals surface area contributed by atoms with Crippen LogP contribution in [0.5, 0.6) is 0 Å². The van der Waals surface area contributed by atoms with Gasteiger partial charge in [0.1, 0.15) is 0 Å². The molecular weight excluding hydrogens is 379 g/mol. The molecule has 0 saturated heterocycles. The third kappa shape index (κ3) is 2.96. The standard InChI is InChI=1S/C22H15.2CH3.Zr/c1-2-8-16-14-17(13-15(16)7-1)22-20-11-5-3-9-18(20)19-10-4-6-12-21(19)22;;;/h1-14,22H;2*1H3;/q3*-1;+3. The van der Waals surface area contributed by atoms with Gasteiger partial charge in [-0.1, -0.05) is 54.6 Å². The molecule has 0 heterocycles. The van der Waals surface area contributed by atoms with Crippen LogP contribution in [0.3, 0.4) is 0 Å². The number of rotatable bonds is 1. The Bertz CT molecular complexity index is 915. The molecule has 0 nitrogen and oxygen atoms in total. The van der Waals surface area contributed by atoms with Gasteiger partial charge < -0.3 is 14.9 Å². The smallest absolute Gasteiger partial charge is 0.358 e. The van der Waals surface area contributed by atoms with Crippen molar-refractivity contribution in [3.05, 3.63) is 116 Å². The number of benzene rings is 3. The predicted octanol–water partition coefficient (Wildman–Crippen LogP) is 6.62. The molecule has 0 spiro atoms. The summed E-state index contributed by atoms with van der Waals surface area (Å²) in [6.45, 7) is 0. The Kier molecular flexibility index (Phi) is 5.91. The van der Waals surface area contributed by atoms with E-state index in [2.05, 4.69) is 84.9 Å². The van der Waals surface area contributed by atoms with Crippen LogP contribution in [0.4, 0.5) is 0 Å². The van der Waals surface area contributed by atoms with Crippen molar-refractivity contribution >= 4 is 10.8 Å². The molecule has 4 aromatic carbocycles. The average molecular weight is 401 g/mol. The number of hydrogen-bond acceptors (Lipinski definition) is 0. The fraction of sp³-hybridized carbons (Fsp3) is 0.0417. The topological polar surface area (TPSA) is 0 Å². The van der Waals surface area contributed by atoms with E-state index in [4.69, 9.17) is 0 Å². The van der Waals surface area contributed by atoms with E-state index in [9.17, 15) is 0 Å². The summed E-state index contributed by atoms with van der Waals surface area (Å²) in [6.07, 6.45) is 0. The van der Waals surface area contributed by atoms with Crippen molar-refractivity contribution in [2.45, 2.75) is 5.92 Å². The second kappa shape index (κ2) is 7.58. The molecule has 1 aliphatic carbocycles. The first kappa shape index (κ1) is 19.5. The van der Waals surface area contributed by atoms with Crippen LogP contribution in [0.2, 0.25) is 0 Å². The van der Waals surface area contributed by atoms with Gasteiger partial charge in [-0.05, 0) is 22.3 Å². The molecule has 1 heteroatoms. The van der Waals surface area contributed by atoms with E-state index in [1.165, 1.54) is 38.6 Å². The Hall–Kier alpha value is -1.85. The summed E-state index contributed by atoms with van der Waals surface area (Å²) >= 11 is 0. The molecular formula is C24H21Zr. The minimum absolute atomic E-state index is 0. The second-order valence-electron chi connectivity index (χ2n) is 6.03. The predicted molar refractivity (Wildman–Crippen MR) is 105 cm³/mol. The molecule has 0 aliphatic heterocycles. The van der Waals surface area contributed by atoms with Crippen LogP contribution in [0.15, 0.2) is 84.9 Å². The van der Waals surface area contributed by atoms with Crippen LogP contribution >= 0.6 is 0 Å². The molecule has 0 unspecified atom stereocenters. The van der Waals surface area contributed by atoms with Crippen molar-refractivity contribution in [2.24, 2.45) is 0 Å². The summed E-state index contributed by atoms with van der Waals surface area (Å²) in [5, 5.41) is 2.67. The molecule has 4 aromatic rings. The van der Waals surface area contributed by atoms with Crippen molar-refractivity contribution in [1.82, 2.24) is 0 Å². The van der Waals surface area contributed by atoms with Crippen LogP contribution in [-0.4, -0.2) is 0 Å². The van der Waals surface area contributed by atoms with E-state index < -0.39 is 0 Å². The van der Waals surface area contributed by atoms with Gasteiger partial charge in [-0.25, -0.2) is 0 Å². The molecule has 5 rings (SSSR count). The summed E-state index contributed by atoms with van der Waals surface area (Å²) in [5.41, 5.74) is 7.03. The van der Waals surface area contributed by atoms with Gasteiger partial charge >= 0.3 is 26.2 Å². The third-order valence-electron chi connectivity index (χ3n) is 4.81. The monoisotopic (exact) mass is 399 g/mol. The number of fused-ring (bicyclic) bond motifs is 4. The SMILES string of the molecule is [CH3-].[CH3-].[Zr+3].c1ccc2c(c1)-c1ccccc1C2c1cc2ccccc2[cH-]1. The zero-order valence-corrected chi connectivity index (χ0v) is 17.1. The van der Waals surface area contributed by atoms with E-state index >= 15 is 0 Å². The Morgan fingerprint density at radius 3 is 1.76 bits per heavy atom. The summed E-state index contributed by atoms with van der Waals surface area (Å²) in [6, 6.07) is 30.9. The van der Waals surface area contributed by atoms with Crippen LogP contribution in [-0.2, 0) is 26.2 Å². The third-order valence-corrected chi connectivity index (χ3v) is 4.81. The van der Waals surface area contributed by atoms with Gasteiger partial charge in [0.2, 0.25) is 0 Å². The van der Waals surface area contributed by atoms with Gasteiger partial charge in [-0.3, -0.25) is 0 Å². The fourth-order valence-electron chi connectivity index (χ4n) is 3.86. The first-order valence-electron chi connectivity index (χ1n) is 7.75. The van der Waals surface area contributed by atoms with Gasteiger partial charge in [0.05, 0.1) is 0 Å². The van der Waals surface area contributed by atoms with Crippen molar-refractivity contribution in [2.75, 3.05) is 0 Å². The minimum Gasteiger partial charge on any atom is -0.358 e. The van der Waals surface area contributed by atoms with E-state index in [1.54, 1.807) is 0 Å². The minimum atomic E-state index is 0. The molecule has 121 valence electrons. The molecule has 0 amide bonds. The first-order valence-corrected chi connectivity index (χ1v) is 7.75.